The van der Waals surface area contributed by atoms with Crippen molar-refractivity contribution in [2.75, 3.05) is 0 Å². The van der Waals surface area contributed by atoms with E-state index in [1.165, 1.54) is 50.2 Å². The average Bonchev–Trinajstić information content (AvgIpc) is 3.07. The molecular formula is C37H47ClF4N6O8. The summed E-state index contributed by atoms with van der Waals surface area (Å²) in [5.74, 6) is -14.7. The third kappa shape index (κ3) is 11.7. The maximum Gasteiger partial charge on any atom is 0.408 e. The summed E-state index contributed by atoms with van der Waals surface area (Å²) in [5.41, 5.74) is 4.98. The Labute approximate surface area is 327 Å². The summed E-state index contributed by atoms with van der Waals surface area (Å²) < 4.78 is 64.9. The second-order valence-corrected chi connectivity index (χ2v) is 14.6. The zero-order valence-corrected chi connectivity index (χ0v) is 32.6. The molecule has 0 spiro atoms. The lowest BCUT2D eigenvalue weighted by Crippen LogP contribution is -2.61. The first-order chi connectivity index (χ1) is 25.4. The number of rotatable bonds is 11. The molecule has 2 aromatic carbocycles. The second-order valence-electron chi connectivity index (χ2n) is 14.6. The van der Waals surface area contributed by atoms with Gasteiger partial charge in [0.25, 0.3) is 11.8 Å². The van der Waals surface area contributed by atoms with Crippen LogP contribution in [0.4, 0.5) is 31.9 Å². The third-order valence-corrected chi connectivity index (χ3v) is 8.42. The molecule has 19 heteroatoms. The van der Waals surface area contributed by atoms with Gasteiger partial charge in [-0.15, -0.1) is 12.4 Å². The molecule has 4 atom stereocenters. The molecule has 2 aliphatic rings. The Morgan fingerprint density at radius 2 is 1.09 bits per heavy atom. The van der Waals surface area contributed by atoms with Crippen molar-refractivity contribution in [2.24, 2.45) is 17.6 Å². The van der Waals surface area contributed by atoms with E-state index in [1.807, 2.05) is 10.6 Å². The summed E-state index contributed by atoms with van der Waals surface area (Å²) in [7, 11) is 0. The van der Waals surface area contributed by atoms with Crippen LogP contribution in [0.1, 0.15) is 84.5 Å². The number of nitrogens with zero attached hydrogens (tertiary/aromatic N) is 2. The van der Waals surface area contributed by atoms with Crippen LogP contribution in [0.15, 0.2) is 60.7 Å². The molecule has 56 heavy (non-hydrogen) atoms. The molecule has 0 bridgehead atoms. The maximum absolute atomic E-state index is 15.4. The lowest BCUT2D eigenvalue weighted by Gasteiger charge is -2.36. The second kappa shape index (κ2) is 18.7. The Morgan fingerprint density at radius 3 is 1.46 bits per heavy atom. The SMILES string of the molecule is CC(C)N1C(=O)NC(=O)C(CC(F)(F)[C@@H](N)c2ccccc2)C1=O.CC(C)N1C(=O)NC(=O)C(CC(F)(F)[C@@H](NC(=O)OC(C)(C)C)c2ccccc2)C1=O.Cl. The quantitative estimate of drug-likeness (QED) is 0.164. The molecule has 4 rings (SSSR count). The highest BCUT2D eigenvalue weighted by Crippen LogP contribution is 2.39. The van der Waals surface area contributed by atoms with Gasteiger partial charge in [-0.25, -0.2) is 31.9 Å². The van der Waals surface area contributed by atoms with Crippen molar-refractivity contribution in [3.8, 4) is 0 Å². The molecule has 2 heterocycles. The van der Waals surface area contributed by atoms with Crippen LogP contribution in [0.3, 0.4) is 0 Å². The van der Waals surface area contributed by atoms with Gasteiger partial charge in [0.2, 0.25) is 23.6 Å². The highest BCUT2D eigenvalue weighted by atomic mass is 35.5. The molecule has 2 fully saturated rings. The number of carbonyl (C=O) groups excluding carboxylic acids is 7. The summed E-state index contributed by atoms with van der Waals surface area (Å²) in [4.78, 5) is 86.3. The van der Waals surface area contributed by atoms with Gasteiger partial charge in [0.15, 0.2) is 0 Å². The molecule has 0 aromatic heterocycles. The number of alkyl carbamates (subject to hydrolysis) is 1. The zero-order chi connectivity index (χ0) is 41.6. The summed E-state index contributed by atoms with van der Waals surface area (Å²) in [6, 6.07) is 8.61. The minimum atomic E-state index is -3.72. The smallest absolute Gasteiger partial charge is 0.408 e. The molecule has 2 unspecified atom stereocenters. The van der Waals surface area contributed by atoms with Gasteiger partial charge >= 0.3 is 18.2 Å². The van der Waals surface area contributed by atoms with Gasteiger partial charge in [0.05, 0.1) is 6.04 Å². The third-order valence-electron chi connectivity index (χ3n) is 8.42. The number of nitrogens with two attached hydrogens (primary N) is 1. The summed E-state index contributed by atoms with van der Waals surface area (Å²) >= 11 is 0. The van der Waals surface area contributed by atoms with Crippen molar-refractivity contribution in [3.63, 3.8) is 0 Å². The molecule has 2 aromatic rings. The summed E-state index contributed by atoms with van der Waals surface area (Å²) in [5, 5.41) is 6.05. The van der Waals surface area contributed by atoms with Crippen molar-refractivity contribution in [2.45, 2.75) is 103 Å². The molecule has 308 valence electrons. The van der Waals surface area contributed by atoms with Crippen molar-refractivity contribution in [1.29, 1.82) is 0 Å². The number of carbonyl (C=O) groups is 7. The molecule has 2 saturated heterocycles. The monoisotopic (exact) mass is 814 g/mol. The number of benzene rings is 2. The number of urea groups is 2. The molecular weight excluding hydrogens is 768 g/mol. The van der Waals surface area contributed by atoms with Crippen molar-refractivity contribution in [1.82, 2.24) is 25.8 Å². The van der Waals surface area contributed by atoms with Gasteiger partial charge in [0.1, 0.15) is 23.5 Å². The first kappa shape index (κ1) is 47.1. The summed E-state index contributed by atoms with van der Waals surface area (Å²) in [6.45, 7) is 10.9. The van der Waals surface area contributed by atoms with Gasteiger partial charge in [-0.1, -0.05) is 60.7 Å². The Bertz CT molecular complexity index is 1760. The summed E-state index contributed by atoms with van der Waals surface area (Å²) in [6.07, 6.45) is -3.34. The van der Waals surface area contributed by atoms with E-state index in [0.717, 1.165) is 9.80 Å². The number of hydrogen-bond donors (Lipinski definition) is 4. The lowest BCUT2D eigenvalue weighted by molar-refractivity contribution is -0.151. The van der Waals surface area contributed by atoms with E-state index in [-0.39, 0.29) is 23.5 Å². The molecule has 5 N–H and O–H groups in total. The fraction of sp³-hybridized carbons (Fsp3) is 0.486. The molecule has 2 aliphatic heterocycles. The standard InChI is InChI=1S/C21H27F2N3O5.C16H19F2N3O3.ClH/c1-12(2)26-17(28)14(16(27)25-18(26)29)11-21(22,23)15(13-9-7-6-8-10-13)24-19(30)31-20(3,4)5;1-9(2)21-14(23)11(13(22)20-15(21)24)8-16(17,18)12(19)10-6-4-3-5-7-10;/h6-10,12,14-15H,11H2,1-5H3,(H,24,30)(H,25,27,29);3-7,9,11-12H,8,19H2,1-2H3,(H,20,22,24);1H/t14?,15-;11?,12-;/m00./s1. The Kier molecular flexibility index (Phi) is 15.7. The van der Waals surface area contributed by atoms with Crippen LogP contribution in [0.25, 0.3) is 0 Å². The Morgan fingerprint density at radius 1 is 0.714 bits per heavy atom. The topological polar surface area (TPSA) is 197 Å². The fourth-order valence-electron chi connectivity index (χ4n) is 5.80. The number of hydrogen-bond acceptors (Lipinski definition) is 9. The lowest BCUT2D eigenvalue weighted by atomic mass is 9.89. The van der Waals surface area contributed by atoms with Crippen LogP contribution in [0.5, 0.6) is 0 Å². The van der Waals surface area contributed by atoms with Crippen LogP contribution in [0.2, 0.25) is 0 Å². The van der Waals surface area contributed by atoms with Gasteiger partial charge in [-0.2, -0.15) is 0 Å². The molecule has 9 amide bonds. The molecule has 0 radical (unpaired) electrons. The van der Waals surface area contributed by atoms with Crippen molar-refractivity contribution in [3.05, 3.63) is 71.8 Å². The van der Waals surface area contributed by atoms with Gasteiger partial charge in [0, 0.05) is 24.9 Å². The van der Waals surface area contributed by atoms with E-state index in [1.54, 1.807) is 58.9 Å². The van der Waals surface area contributed by atoms with E-state index in [9.17, 15) is 42.3 Å². The minimum absolute atomic E-state index is 0. The fourth-order valence-corrected chi connectivity index (χ4v) is 5.80. The van der Waals surface area contributed by atoms with Crippen LogP contribution < -0.4 is 21.7 Å². The number of imide groups is 4. The van der Waals surface area contributed by atoms with Crippen LogP contribution in [0, 0.1) is 11.8 Å². The average molecular weight is 815 g/mol. The number of amides is 9. The first-order valence-corrected chi connectivity index (χ1v) is 17.3. The normalized spacial score (nSPS) is 19.0. The van der Waals surface area contributed by atoms with Crippen molar-refractivity contribution >= 4 is 54.2 Å². The number of nitrogens with one attached hydrogen (secondary N) is 3. The van der Waals surface area contributed by atoms with Gasteiger partial charge in [-0.3, -0.25) is 39.6 Å². The van der Waals surface area contributed by atoms with E-state index in [4.69, 9.17) is 10.5 Å². The number of alkyl halides is 4. The van der Waals surface area contributed by atoms with Gasteiger partial charge in [-0.05, 0) is 59.6 Å². The number of halogens is 5. The Balaban J connectivity index is 0.000000392. The highest BCUT2D eigenvalue weighted by Gasteiger charge is 2.52. The van der Waals surface area contributed by atoms with Crippen LogP contribution >= 0.6 is 12.4 Å². The van der Waals surface area contributed by atoms with Crippen LogP contribution in [-0.4, -0.2) is 81.1 Å². The van der Waals surface area contributed by atoms with Crippen molar-refractivity contribution < 1.29 is 55.9 Å². The number of barbiturate groups is 2. The highest BCUT2D eigenvalue weighted by molar-refractivity contribution is 6.17. The molecule has 0 saturated carbocycles. The predicted octanol–water partition coefficient (Wildman–Crippen LogP) is 5.62. The zero-order valence-electron chi connectivity index (χ0n) is 31.8. The number of ether oxygens (including phenoxy) is 1. The predicted molar refractivity (Wildman–Crippen MR) is 196 cm³/mol. The van der Waals surface area contributed by atoms with Crippen LogP contribution in [-0.2, 0) is 23.9 Å². The van der Waals surface area contributed by atoms with E-state index in [2.05, 4.69) is 5.32 Å². The van der Waals surface area contributed by atoms with E-state index in [0.29, 0.717) is 0 Å². The Hall–Kier alpha value is -5.10. The van der Waals surface area contributed by atoms with E-state index < -0.39 is 108 Å². The first-order valence-electron chi connectivity index (χ1n) is 17.3. The minimum Gasteiger partial charge on any atom is -0.444 e. The van der Waals surface area contributed by atoms with E-state index >= 15 is 8.78 Å². The maximum atomic E-state index is 15.4. The largest absolute Gasteiger partial charge is 0.444 e. The molecule has 14 nitrogen and oxygen atoms in total. The van der Waals surface area contributed by atoms with Gasteiger partial charge < -0.3 is 15.8 Å². The molecule has 0 aliphatic carbocycles.